The Bertz CT molecular complexity index is 367. The number of hydrogen-bond acceptors (Lipinski definition) is 3. The van der Waals surface area contributed by atoms with Gasteiger partial charge in [0.15, 0.2) is 0 Å². The minimum Gasteiger partial charge on any atom is -0.383 e. The Morgan fingerprint density at radius 3 is 2.94 bits per heavy atom. The Morgan fingerprint density at radius 1 is 1.65 bits per heavy atom. The lowest BCUT2D eigenvalue weighted by Gasteiger charge is -2.20. The predicted octanol–water partition coefficient (Wildman–Crippen LogP) is 2.79. The van der Waals surface area contributed by atoms with Crippen LogP contribution >= 0.6 is 27.3 Å². The van der Waals surface area contributed by atoms with Crippen LogP contribution in [-0.2, 0) is 11.2 Å². The molecule has 0 fully saturated rings. The summed E-state index contributed by atoms with van der Waals surface area (Å²) in [5.74, 6) is 0.0948. The van der Waals surface area contributed by atoms with Crippen LogP contribution in [0, 0.1) is 0 Å². The first-order valence-electron chi connectivity index (χ1n) is 5.55. The molecule has 0 aliphatic carbocycles. The second kappa shape index (κ2) is 7.13. The number of ether oxygens (including phenoxy) is 1. The van der Waals surface area contributed by atoms with Gasteiger partial charge in [-0.25, -0.2) is 0 Å². The van der Waals surface area contributed by atoms with Crippen LogP contribution in [0.1, 0.15) is 22.2 Å². The number of hydrogen-bond donors (Lipinski definition) is 0. The van der Waals surface area contributed by atoms with Gasteiger partial charge in [0.2, 0.25) is 0 Å². The van der Waals surface area contributed by atoms with Crippen molar-refractivity contribution in [3.05, 3.63) is 21.9 Å². The Labute approximate surface area is 115 Å². The van der Waals surface area contributed by atoms with Crippen molar-refractivity contribution < 1.29 is 9.53 Å². The van der Waals surface area contributed by atoms with Gasteiger partial charge in [0.05, 0.1) is 16.3 Å². The minimum atomic E-state index is 0.0948. The molecule has 1 heterocycles. The van der Waals surface area contributed by atoms with Crippen LogP contribution in [0.4, 0.5) is 0 Å². The van der Waals surface area contributed by atoms with Gasteiger partial charge in [-0.15, -0.1) is 11.3 Å². The zero-order valence-corrected chi connectivity index (χ0v) is 12.8. The highest BCUT2D eigenvalue weighted by Gasteiger charge is 2.18. The number of carbonyl (C=O) groups excluding carboxylic acids is 1. The van der Waals surface area contributed by atoms with Gasteiger partial charge in [0.1, 0.15) is 0 Å². The molecule has 1 amide bonds. The average molecular weight is 320 g/mol. The molecule has 0 radical (unpaired) electrons. The molecule has 1 atom stereocenters. The van der Waals surface area contributed by atoms with E-state index < -0.39 is 0 Å². The van der Waals surface area contributed by atoms with Gasteiger partial charge in [-0.1, -0.05) is 22.9 Å². The lowest BCUT2D eigenvalue weighted by Crippen LogP contribution is -2.33. The van der Waals surface area contributed by atoms with E-state index in [1.165, 1.54) is 11.3 Å². The summed E-state index contributed by atoms with van der Waals surface area (Å²) >= 11 is 5.00. The Kier molecular flexibility index (Phi) is 6.16. The smallest absolute Gasteiger partial charge is 0.263 e. The summed E-state index contributed by atoms with van der Waals surface area (Å²) in [5, 5.41) is 1.97. The fraction of sp³-hybridized carbons (Fsp3) is 0.583. The molecule has 96 valence electrons. The highest BCUT2D eigenvalue weighted by molar-refractivity contribution is 9.09. The largest absolute Gasteiger partial charge is 0.383 e. The fourth-order valence-electron chi connectivity index (χ4n) is 1.59. The predicted molar refractivity (Wildman–Crippen MR) is 75.2 cm³/mol. The maximum absolute atomic E-state index is 12.2. The van der Waals surface area contributed by atoms with E-state index in [4.69, 9.17) is 4.74 Å². The zero-order valence-electron chi connectivity index (χ0n) is 10.4. The van der Waals surface area contributed by atoms with Crippen LogP contribution in [0.5, 0.6) is 0 Å². The van der Waals surface area contributed by atoms with E-state index in [9.17, 15) is 4.79 Å². The highest BCUT2D eigenvalue weighted by Crippen LogP contribution is 2.19. The van der Waals surface area contributed by atoms with Crippen molar-refractivity contribution in [1.29, 1.82) is 0 Å². The van der Waals surface area contributed by atoms with Crippen molar-refractivity contribution in [3.63, 3.8) is 0 Å². The van der Waals surface area contributed by atoms with Crippen molar-refractivity contribution in [2.75, 3.05) is 27.3 Å². The fourth-order valence-corrected chi connectivity index (χ4v) is 3.28. The molecule has 0 bridgehead atoms. The molecule has 0 saturated heterocycles. The van der Waals surface area contributed by atoms with Gasteiger partial charge >= 0.3 is 0 Å². The molecule has 5 heteroatoms. The van der Waals surface area contributed by atoms with Gasteiger partial charge < -0.3 is 9.64 Å². The summed E-state index contributed by atoms with van der Waals surface area (Å²) in [6, 6.07) is 2.02. The molecule has 1 rings (SSSR count). The number of halogens is 1. The van der Waals surface area contributed by atoms with E-state index >= 15 is 0 Å². The number of thiophene rings is 1. The van der Waals surface area contributed by atoms with Gasteiger partial charge in [0, 0.05) is 20.7 Å². The summed E-state index contributed by atoms with van der Waals surface area (Å²) in [4.78, 5) is 15.0. The number of rotatable bonds is 6. The number of amides is 1. The van der Waals surface area contributed by atoms with Crippen LogP contribution in [-0.4, -0.2) is 42.9 Å². The SMILES string of the molecule is CCc1ccsc1C(=O)N(C)CC(Br)COC. The Balaban J connectivity index is 2.63. The molecule has 17 heavy (non-hydrogen) atoms. The van der Waals surface area contributed by atoms with E-state index in [0.717, 1.165) is 16.9 Å². The molecule has 1 aromatic heterocycles. The van der Waals surface area contributed by atoms with Gasteiger partial charge in [0.25, 0.3) is 5.91 Å². The van der Waals surface area contributed by atoms with Crippen LogP contribution in [0.25, 0.3) is 0 Å². The summed E-state index contributed by atoms with van der Waals surface area (Å²) < 4.78 is 5.04. The number of carbonyl (C=O) groups is 1. The second-order valence-electron chi connectivity index (χ2n) is 3.87. The van der Waals surface area contributed by atoms with Crippen LogP contribution in [0.2, 0.25) is 0 Å². The molecule has 0 saturated carbocycles. The number of aryl methyl sites for hydroxylation is 1. The molecule has 0 aliphatic rings. The van der Waals surface area contributed by atoms with Gasteiger partial charge in [-0.05, 0) is 23.4 Å². The van der Waals surface area contributed by atoms with Crippen molar-refractivity contribution in [2.45, 2.75) is 18.2 Å². The Hall–Kier alpha value is -0.390. The first-order chi connectivity index (χ1) is 8.10. The second-order valence-corrected chi connectivity index (χ2v) is 6.08. The number of nitrogens with zero attached hydrogens (tertiary/aromatic N) is 1. The third-order valence-corrected chi connectivity index (χ3v) is 3.99. The first kappa shape index (κ1) is 14.7. The molecule has 3 nitrogen and oxygen atoms in total. The molecule has 0 N–H and O–H groups in total. The standard InChI is InChI=1S/C12H18BrNO2S/c1-4-9-5-6-17-11(9)12(15)14(2)7-10(13)8-16-3/h5-6,10H,4,7-8H2,1-3H3. The Morgan fingerprint density at radius 2 is 2.35 bits per heavy atom. The van der Waals surface area contributed by atoms with E-state index in [2.05, 4.69) is 22.9 Å². The summed E-state index contributed by atoms with van der Waals surface area (Å²) in [5.41, 5.74) is 1.13. The normalized spacial score (nSPS) is 12.5. The first-order valence-corrected chi connectivity index (χ1v) is 7.34. The maximum Gasteiger partial charge on any atom is 0.263 e. The van der Waals surface area contributed by atoms with Gasteiger partial charge in [-0.3, -0.25) is 4.79 Å². The lowest BCUT2D eigenvalue weighted by atomic mass is 10.2. The molecule has 0 spiro atoms. The minimum absolute atomic E-state index is 0.0948. The van der Waals surface area contributed by atoms with Gasteiger partial charge in [-0.2, -0.15) is 0 Å². The van der Waals surface area contributed by atoms with Crippen LogP contribution in [0.15, 0.2) is 11.4 Å². The van der Waals surface area contributed by atoms with Crippen molar-refractivity contribution >= 4 is 33.2 Å². The maximum atomic E-state index is 12.2. The molecule has 0 aromatic carbocycles. The molecular formula is C12H18BrNO2S. The third kappa shape index (κ3) is 4.08. The van der Waals surface area contributed by atoms with E-state index in [1.54, 1.807) is 12.0 Å². The van der Waals surface area contributed by atoms with E-state index in [1.807, 2.05) is 18.5 Å². The zero-order chi connectivity index (χ0) is 12.8. The van der Waals surface area contributed by atoms with Crippen molar-refractivity contribution in [2.24, 2.45) is 0 Å². The van der Waals surface area contributed by atoms with Crippen molar-refractivity contribution in [1.82, 2.24) is 4.90 Å². The molecule has 1 aromatic rings. The third-order valence-electron chi connectivity index (χ3n) is 2.49. The summed E-state index contributed by atoms with van der Waals surface area (Å²) in [6.07, 6.45) is 0.897. The molecular weight excluding hydrogens is 302 g/mol. The van der Waals surface area contributed by atoms with E-state index in [0.29, 0.717) is 13.2 Å². The highest BCUT2D eigenvalue weighted by atomic mass is 79.9. The molecule has 1 unspecified atom stereocenters. The quantitative estimate of drug-likeness (QED) is 0.755. The summed E-state index contributed by atoms with van der Waals surface area (Å²) in [7, 11) is 3.48. The lowest BCUT2D eigenvalue weighted by molar-refractivity contribution is 0.0788. The van der Waals surface area contributed by atoms with Crippen molar-refractivity contribution in [3.8, 4) is 0 Å². The number of alkyl halides is 1. The molecule has 0 aliphatic heterocycles. The summed E-state index contributed by atoms with van der Waals surface area (Å²) in [6.45, 7) is 3.31. The van der Waals surface area contributed by atoms with Crippen LogP contribution in [0.3, 0.4) is 0 Å². The number of methoxy groups -OCH3 is 1. The van der Waals surface area contributed by atoms with Crippen LogP contribution < -0.4 is 0 Å². The van der Waals surface area contributed by atoms with E-state index in [-0.39, 0.29) is 10.7 Å². The average Bonchev–Trinajstić information content (AvgIpc) is 2.76. The monoisotopic (exact) mass is 319 g/mol. The topological polar surface area (TPSA) is 29.5 Å².